The van der Waals surface area contributed by atoms with Gasteiger partial charge in [-0.25, -0.2) is 0 Å². The minimum Gasteiger partial charge on any atom is -0.462 e. The lowest BCUT2D eigenvalue weighted by atomic mass is 9.92. The molecule has 0 N–H and O–H groups in total. The first-order chi connectivity index (χ1) is 10.6. The van der Waals surface area contributed by atoms with E-state index in [1.54, 1.807) is 0 Å². The molecule has 1 aromatic carbocycles. The molecule has 3 atom stereocenters. The number of piperidine rings is 1. The third-order valence-electron chi connectivity index (χ3n) is 5.59. The average Bonchev–Trinajstić information content (AvgIpc) is 2.72. The van der Waals surface area contributed by atoms with E-state index in [1.165, 1.54) is 18.4 Å². The van der Waals surface area contributed by atoms with Gasteiger partial charge in [0.2, 0.25) is 0 Å². The van der Waals surface area contributed by atoms with Crippen molar-refractivity contribution in [2.45, 2.75) is 70.1 Å². The van der Waals surface area contributed by atoms with E-state index in [0.29, 0.717) is 12.1 Å². The zero-order chi connectivity index (χ0) is 15.7. The molecule has 2 fully saturated rings. The lowest BCUT2D eigenvalue weighted by molar-refractivity contribution is -0.154. The Bertz CT molecular complexity index is 528. The van der Waals surface area contributed by atoms with Crippen LogP contribution in [-0.2, 0) is 9.53 Å². The van der Waals surface area contributed by atoms with Crippen LogP contribution in [0.25, 0.3) is 0 Å². The number of carbonyl (C=O) groups is 1. The summed E-state index contributed by atoms with van der Waals surface area (Å²) in [6.07, 6.45) is 5.42. The number of nitrogens with zero attached hydrogens (tertiary/aromatic N) is 1. The van der Waals surface area contributed by atoms with Gasteiger partial charge in [0.15, 0.2) is 0 Å². The Morgan fingerprint density at radius 1 is 1.27 bits per heavy atom. The lowest BCUT2D eigenvalue weighted by Crippen LogP contribution is -2.43. The Kier molecular flexibility index (Phi) is 4.53. The van der Waals surface area contributed by atoms with E-state index in [2.05, 4.69) is 37.9 Å². The normalized spacial score (nSPS) is 29.3. The molecule has 2 heterocycles. The highest BCUT2D eigenvalue weighted by molar-refractivity contribution is 5.78. The molecule has 0 spiro atoms. The molecule has 2 aliphatic heterocycles. The van der Waals surface area contributed by atoms with Gasteiger partial charge in [0.05, 0.1) is 5.92 Å². The van der Waals surface area contributed by atoms with Gasteiger partial charge in [-0.15, -0.1) is 0 Å². The van der Waals surface area contributed by atoms with Crippen molar-refractivity contribution >= 4 is 5.97 Å². The van der Waals surface area contributed by atoms with Crippen LogP contribution in [0.3, 0.4) is 0 Å². The molecular formula is C19H27NO2. The molecule has 1 aromatic rings. The first-order valence-corrected chi connectivity index (χ1v) is 8.58. The molecule has 0 saturated carbocycles. The maximum absolute atomic E-state index is 12.7. The number of ether oxygens (including phenoxy) is 1. The summed E-state index contributed by atoms with van der Waals surface area (Å²) in [5.41, 5.74) is 2.29. The van der Waals surface area contributed by atoms with Crippen molar-refractivity contribution in [3.05, 3.63) is 35.4 Å². The topological polar surface area (TPSA) is 29.5 Å². The Morgan fingerprint density at radius 2 is 1.91 bits per heavy atom. The van der Waals surface area contributed by atoms with Crippen LogP contribution in [0.2, 0.25) is 0 Å². The van der Waals surface area contributed by atoms with Crippen LogP contribution < -0.4 is 0 Å². The zero-order valence-corrected chi connectivity index (χ0v) is 13.9. The van der Waals surface area contributed by atoms with Gasteiger partial charge in [0.25, 0.3) is 0 Å². The fourth-order valence-electron chi connectivity index (χ4n) is 4.20. The third-order valence-corrected chi connectivity index (χ3v) is 5.59. The highest BCUT2D eigenvalue weighted by Gasteiger charge is 2.40. The number of benzene rings is 1. The first kappa shape index (κ1) is 15.5. The molecular weight excluding hydrogens is 274 g/mol. The Hall–Kier alpha value is -1.35. The molecule has 2 saturated heterocycles. The predicted molar refractivity (Wildman–Crippen MR) is 87.9 cm³/mol. The summed E-state index contributed by atoms with van der Waals surface area (Å²) in [5, 5.41) is 0. The zero-order valence-electron chi connectivity index (χ0n) is 13.9. The number of aryl methyl sites for hydroxylation is 1. The maximum atomic E-state index is 12.7. The Balaban J connectivity index is 1.67. The predicted octanol–water partition coefficient (Wildman–Crippen LogP) is 3.66. The SMILES string of the molecule is CCC(C(=O)OC1CC2CCC(C1)N2C)c1ccccc1C. The van der Waals surface area contributed by atoms with Crippen molar-refractivity contribution in [2.75, 3.05) is 7.05 Å². The second-order valence-electron chi connectivity index (χ2n) is 6.90. The van der Waals surface area contributed by atoms with E-state index in [9.17, 15) is 4.79 Å². The number of rotatable bonds is 4. The van der Waals surface area contributed by atoms with Crippen molar-refractivity contribution in [1.82, 2.24) is 4.90 Å². The number of hydrogen-bond acceptors (Lipinski definition) is 3. The van der Waals surface area contributed by atoms with E-state index in [1.807, 2.05) is 12.1 Å². The number of carbonyl (C=O) groups excluding carboxylic acids is 1. The molecule has 3 heteroatoms. The molecule has 3 nitrogen and oxygen atoms in total. The molecule has 120 valence electrons. The molecule has 0 aromatic heterocycles. The van der Waals surface area contributed by atoms with Gasteiger partial charge in [0.1, 0.15) is 6.10 Å². The average molecular weight is 301 g/mol. The molecule has 0 aliphatic carbocycles. The van der Waals surface area contributed by atoms with Crippen LogP contribution in [0.1, 0.15) is 56.1 Å². The van der Waals surface area contributed by atoms with Gasteiger partial charge in [0, 0.05) is 12.1 Å². The van der Waals surface area contributed by atoms with Crippen LogP contribution >= 0.6 is 0 Å². The van der Waals surface area contributed by atoms with Crippen molar-refractivity contribution in [3.8, 4) is 0 Å². The Morgan fingerprint density at radius 3 is 2.50 bits per heavy atom. The van der Waals surface area contributed by atoms with Crippen LogP contribution in [0.5, 0.6) is 0 Å². The standard InChI is InChI=1S/C19H27NO2/c1-4-17(18-8-6-5-7-13(18)2)19(21)22-16-11-14-9-10-15(12-16)20(14)3/h5-8,14-17H,4,9-12H2,1-3H3. The van der Waals surface area contributed by atoms with Crippen molar-refractivity contribution < 1.29 is 9.53 Å². The van der Waals surface area contributed by atoms with Crippen molar-refractivity contribution in [2.24, 2.45) is 0 Å². The minimum atomic E-state index is -0.126. The number of esters is 1. The molecule has 2 bridgehead atoms. The van der Waals surface area contributed by atoms with E-state index in [0.717, 1.165) is 24.8 Å². The smallest absolute Gasteiger partial charge is 0.313 e. The first-order valence-electron chi connectivity index (χ1n) is 8.58. The Labute approximate surface area is 133 Å². The minimum absolute atomic E-state index is 0.0363. The number of hydrogen-bond donors (Lipinski definition) is 0. The molecule has 3 unspecified atom stereocenters. The van der Waals surface area contributed by atoms with Crippen LogP contribution in [0.4, 0.5) is 0 Å². The van der Waals surface area contributed by atoms with E-state index in [4.69, 9.17) is 4.74 Å². The fourth-order valence-corrected chi connectivity index (χ4v) is 4.20. The summed E-state index contributed by atoms with van der Waals surface area (Å²) in [6, 6.07) is 9.37. The largest absolute Gasteiger partial charge is 0.462 e. The van der Waals surface area contributed by atoms with Gasteiger partial charge in [-0.05, 0) is 57.2 Å². The molecule has 0 amide bonds. The summed E-state index contributed by atoms with van der Waals surface area (Å²) in [6.45, 7) is 4.14. The monoisotopic (exact) mass is 301 g/mol. The van der Waals surface area contributed by atoms with Gasteiger partial charge in [-0.1, -0.05) is 31.2 Å². The summed E-state index contributed by atoms with van der Waals surface area (Å²) in [7, 11) is 2.21. The van der Waals surface area contributed by atoms with Gasteiger partial charge in [-0.2, -0.15) is 0 Å². The van der Waals surface area contributed by atoms with Gasteiger partial charge < -0.3 is 9.64 Å². The van der Waals surface area contributed by atoms with E-state index >= 15 is 0 Å². The maximum Gasteiger partial charge on any atom is 0.313 e. The van der Waals surface area contributed by atoms with Crippen molar-refractivity contribution in [1.29, 1.82) is 0 Å². The van der Waals surface area contributed by atoms with Crippen LogP contribution in [-0.4, -0.2) is 36.1 Å². The van der Waals surface area contributed by atoms with Crippen LogP contribution in [0.15, 0.2) is 24.3 Å². The summed E-state index contributed by atoms with van der Waals surface area (Å²) < 4.78 is 5.92. The van der Waals surface area contributed by atoms with Gasteiger partial charge in [-0.3, -0.25) is 4.79 Å². The highest BCUT2D eigenvalue weighted by atomic mass is 16.5. The van der Waals surface area contributed by atoms with E-state index < -0.39 is 0 Å². The van der Waals surface area contributed by atoms with Gasteiger partial charge >= 0.3 is 5.97 Å². The molecule has 3 rings (SSSR count). The summed E-state index contributed by atoms with van der Waals surface area (Å²) >= 11 is 0. The number of fused-ring (bicyclic) bond motifs is 2. The van der Waals surface area contributed by atoms with E-state index in [-0.39, 0.29) is 18.0 Å². The molecule has 2 aliphatic rings. The fraction of sp³-hybridized carbons (Fsp3) is 0.632. The van der Waals surface area contributed by atoms with Crippen LogP contribution in [0, 0.1) is 6.92 Å². The highest BCUT2D eigenvalue weighted by Crippen LogP contribution is 2.36. The second-order valence-corrected chi connectivity index (χ2v) is 6.90. The quantitative estimate of drug-likeness (QED) is 0.795. The second kappa shape index (κ2) is 6.41. The summed E-state index contributed by atoms with van der Waals surface area (Å²) in [4.78, 5) is 15.1. The van der Waals surface area contributed by atoms with Crippen molar-refractivity contribution in [3.63, 3.8) is 0 Å². The molecule has 0 radical (unpaired) electrons. The third kappa shape index (κ3) is 2.91. The summed E-state index contributed by atoms with van der Waals surface area (Å²) in [5.74, 6) is -0.163. The lowest BCUT2D eigenvalue weighted by Gasteiger charge is -2.36. The molecule has 22 heavy (non-hydrogen) atoms.